The van der Waals surface area contributed by atoms with Crippen LogP contribution in [-0.4, -0.2) is 17.3 Å². The Labute approximate surface area is 155 Å². The summed E-state index contributed by atoms with van der Waals surface area (Å²) in [5.41, 5.74) is 0.873. The number of unbranched alkanes of at least 4 members (excludes halogenated alkanes) is 4. The Balaban J connectivity index is 4.62. The van der Waals surface area contributed by atoms with Crippen molar-refractivity contribution in [1.29, 1.82) is 0 Å². The Hall–Kier alpha value is 0.290. The van der Waals surface area contributed by atoms with Gasteiger partial charge in [-0.1, -0.05) is 39.5 Å². The maximum Gasteiger partial charge on any atom is 0.310 e. The maximum absolute atomic E-state index is 12.1. The molecule has 0 aromatic heterocycles. The molecule has 0 rings (SSSR count). The van der Waals surface area contributed by atoms with E-state index in [0.717, 1.165) is 12.2 Å². The van der Waals surface area contributed by atoms with Crippen LogP contribution in [0.5, 0.6) is 0 Å². The first-order valence-electron chi connectivity index (χ1n) is 8.52. The van der Waals surface area contributed by atoms with Gasteiger partial charge in [0.15, 0.2) is 0 Å². The van der Waals surface area contributed by atoms with Gasteiger partial charge in [0, 0.05) is 2.91 Å². The molecular weight excluding hydrogens is 407 g/mol. The van der Waals surface area contributed by atoms with Gasteiger partial charge in [0.1, 0.15) is 5.60 Å². The van der Waals surface area contributed by atoms with Gasteiger partial charge < -0.3 is 4.74 Å². The highest BCUT2D eigenvalue weighted by molar-refractivity contribution is 14.1. The van der Waals surface area contributed by atoms with Crippen LogP contribution >= 0.6 is 34.4 Å². The van der Waals surface area contributed by atoms with Crippen LogP contribution in [-0.2, 0) is 9.53 Å². The summed E-state index contributed by atoms with van der Waals surface area (Å²) in [5.74, 6) is 1.05. The SMILES string of the molecule is CCCCCC/C(CC(=O)OC(C)(C)C)=C(/I)SCCCC. The second-order valence-corrected chi connectivity index (χ2v) is 9.57. The summed E-state index contributed by atoms with van der Waals surface area (Å²) in [4.78, 5) is 12.1. The van der Waals surface area contributed by atoms with Crippen molar-refractivity contribution in [2.24, 2.45) is 0 Å². The molecule has 0 aromatic rings. The molecular formula is C18H33IO2S. The van der Waals surface area contributed by atoms with Gasteiger partial charge in [0.05, 0.1) is 6.42 Å². The van der Waals surface area contributed by atoms with Crippen LogP contribution in [0.25, 0.3) is 0 Å². The average Bonchev–Trinajstić information content (AvgIpc) is 2.40. The van der Waals surface area contributed by atoms with E-state index >= 15 is 0 Å². The number of carbonyl (C=O) groups is 1. The number of halogens is 1. The molecule has 0 N–H and O–H groups in total. The zero-order valence-corrected chi connectivity index (χ0v) is 17.9. The molecule has 0 bridgehead atoms. The van der Waals surface area contributed by atoms with Crippen LogP contribution in [0, 0.1) is 0 Å². The van der Waals surface area contributed by atoms with Crippen molar-refractivity contribution < 1.29 is 9.53 Å². The van der Waals surface area contributed by atoms with Gasteiger partial charge in [-0.15, -0.1) is 11.8 Å². The van der Waals surface area contributed by atoms with Gasteiger partial charge in [0.25, 0.3) is 0 Å². The Kier molecular flexibility index (Phi) is 12.8. The van der Waals surface area contributed by atoms with Crippen LogP contribution in [0.2, 0.25) is 0 Å². The summed E-state index contributed by atoms with van der Waals surface area (Å²) in [5, 5.41) is 0. The lowest BCUT2D eigenvalue weighted by atomic mass is 10.1. The molecule has 0 fully saturated rings. The molecule has 0 aliphatic rings. The highest BCUT2D eigenvalue weighted by atomic mass is 127. The summed E-state index contributed by atoms with van der Waals surface area (Å²) in [6.07, 6.45) is 8.86. The number of ether oxygens (including phenoxy) is 1. The third-order valence-electron chi connectivity index (χ3n) is 3.11. The molecule has 0 aliphatic heterocycles. The van der Waals surface area contributed by atoms with Crippen molar-refractivity contribution in [2.45, 2.75) is 91.6 Å². The second kappa shape index (κ2) is 12.7. The largest absolute Gasteiger partial charge is 0.460 e. The number of thioether (sulfide) groups is 1. The quantitative estimate of drug-likeness (QED) is 0.199. The van der Waals surface area contributed by atoms with Crippen molar-refractivity contribution in [3.8, 4) is 0 Å². The van der Waals surface area contributed by atoms with E-state index in [1.807, 2.05) is 32.5 Å². The zero-order valence-electron chi connectivity index (χ0n) is 15.0. The van der Waals surface area contributed by atoms with Crippen LogP contribution in [0.1, 0.15) is 86.0 Å². The lowest BCUT2D eigenvalue weighted by Crippen LogP contribution is -2.24. The van der Waals surface area contributed by atoms with Crippen LogP contribution in [0.3, 0.4) is 0 Å². The highest BCUT2D eigenvalue weighted by Crippen LogP contribution is 2.32. The number of rotatable bonds is 11. The molecule has 0 spiro atoms. The lowest BCUT2D eigenvalue weighted by molar-refractivity contribution is -0.153. The topological polar surface area (TPSA) is 26.3 Å². The highest BCUT2D eigenvalue weighted by Gasteiger charge is 2.18. The number of hydrogen-bond acceptors (Lipinski definition) is 3. The molecule has 0 heterocycles. The Morgan fingerprint density at radius 2 is 1.68 bits per heavy atom. The molecule has 0 saturated heterocycles. The Morgan fingerprint density at radius 3 is 2.23 bits per heavy atom. The summed E-state index contributed by atoms with van der Waals surface area (Å²) in [6.45, 7) is 10.2. The standard InChI is InChI=1S/C18H33IO2S/c1-6-8-10-11-12-15(17(19)22-13-9-7-2)14-16(20)21-18(3,4)5/h6-14H2,1-5H3/b17-15+. The van der Waals surface area contributed by atoms with Crippen LogP contribution < -0.4 is 0 Å². The van der Waals surface area contributed by atoms with Crippen molar-refractivity contribution in [1.82, 2.24) is 0 Å². The number of carbonyl (C=O) groups excluding carboxylic acids is 1. The Morgan fingerprint density at radius 1 is 1.05 bits per heavy atom. The minimum atomic E-state index is -0.398. The molecule has 0 saturated carbocycles. The average molecular weight is 440 g/mol. The zero-order chi connectivity index (χ0) is 17.0. The summed E-state index contributed by atoms with van der Waals surface area (Å²) >= 11 is 4.30. The molecule has 0 atom stereocenters. The minimum Gasteiger partial charge on any atom is -0.460 e. The molecule has 0 aromatic carbocycles. The first-order chi connectivity index (χ1) is 10.3. The smallest absolute Gasteiger partial charge is 0.310 e. The summed E-state index contributed by atoms with van der Waals surface area (Å²) in [6, 6.07) is 0. The van der Waals surface area contributed by atoms with E-state index in [-0.39, 0.29) is 5.97 Å². The van der Waals surface area contributed by atoms with E-state index in [4.69, 9.17) is 4.74 Å². The molecule has 0 amide bonds. The van der Waals surface area contributed by atoms with E-state index in [1.54, 1.807) is 0 Å². The molecule has 22 heavy (non-hydrogen) atoms. The first-order valence-corrected chi connectivity index (χ1v) is 10.6. The fraction of sp³-hybridized carbons (Fsp3) is 0.833. The molecule has 0 radical (unpaired) electrons. The predicted octanol–water partition coefficient (Wildman–Crippen LogP) is 6.87. The van der Waals surface area contributed by atoms with Crippen LogP contribution in [0.4, 0.5) is 0 Å². The van der Waals surface area contributed by atoms with E-state index in [0.29, 0.717) is 6.42 Å². The van der Waals surface area contributed by atoms with Gasteiger partial charge in [0.2, 0.25) is 0 Å². The van der Waals surface area contributed by atoms with E-state index in [9.17, 15) is 4.79 Å². The first kappa shape index (κ1) is 22.3. The van der Waals surface area contributed by atoms with Crippen molar-refractivity contribution >= 4 is 40.3 Å². The Bertz CT molecular complexity index is 345. The second-order valence-electron chi connectivity index (χ2n) is 6.65. The van der Waals surface area contributed by atoms with Crippen LogP contribution in [0.15, 0.2) is 8.48 Å². The van der Waals surface area contributed by atoms with Crippen molar-refractivity contribution in [3.05, 3.63) is 8.48 Å². The molecule has 0 aliphatic carbocycles. The van der Waals surface area contributed by atoms with E-state index in [2.05, 4.69) is 36.4 Å². The van der Waals surface area contributed by atoms with Crippen molar-refractivity contribution in [3.63, 3.8) is 0 Å². The van der Waals surface area contributed by atoms with Gasteiger partial charge in [-0.3, -0.25) is 4.79 Å². The maximum atomic E-state index is 12.1. The minimum absolute atomic E-state index is 0.0942. The van der Waals surface area contributed by atoms with E-state index in [1.165, 1.54) is 47.0 Å². The third-order valence-corrected chi connectivity index (χ3v) is 5.85. The fourth-order valence-corrected chi connectivity index (χ4v) is 4.09. The van der Waals surface area contributed by atoms with E-state index < -0.39 is 5.60 Å². The molecule has 4 heteroatoms. The predicted molar refractivity (Wildman–Crippen MR) is 108 cm³/mol. The molecule has 130 valence electrons. The fourth-order valence-electron chi connectivity index (χ4n) is 1.98. The number of hydrogen-bond donors (Lipinski definition) is 0. The molecule has 2 nitrogen and oxygen atoms in total. The lowest BCUT2D eigenvalue weighted by Gasteiger charge is -2.20. The monoisotopic (exact) mass is 440 g/mol. The third kappa shape index (κ3) is 12.8. The van der Waals surface area contributed by atoms with Gasteiger partial charge in [-0.05, 0) is 74.0 Å². The van der Waals surface area contributed by atoms with Crippen molar-refractivity contribution in [2.75, 3.05) is 5.75 Å². The summed E-state index contributed by atoms with van der Waals surface area (Å²) < 4.78 is 6.79. The van der Waals surface area contributed by atoms with Gasteiger partial charge in [-0.2, -0.15) is 0 Å². The van der Waals surface area contributed by atoms with Gasteiger partial charge >= 0.3 is 5.97 Å². The summed E-state index contributed by atoms with van der Waals surface area (Å²) in [7, 11) is 0. The molecule has 0 unspecified atom stereocenters. The van der Waals surface area contributed by atoms with Gasteiger partial charge in [-0.25, -0.2) is 0 Å². The number of esters is 1. The normalized spacial score (nSPS) is 13.0.